The number of fused-ring (bicyclic) bond motifs is 1. The average Bonchev–Trinajstić information content (AvgIpc) is 2.73. The van der Waals surface area contributed by atoms with E-state index in [1.54, 1.807) is 25.4 Å². The number of pyridine rings is 1. The van der Waals surface area contributed by atoms with Gasteiger partial charge in [0.15, 0.2) is 5.65 Å². The van der Waals surface area contributed by atoms with E-state index in [1.807, 2.05) is 0 Å². The number of aryl methyl sites for hydroxylation is 1. The maximum absolute atomic E-state index is 13.3. The van der Waals surface area contributed by atoms with Gasteiger partial charge >= 0.3 is 5.69 Å². The molecule has 0 saturated heterocycles. The summed E-state index contributed by atoms with van der Waals surface area (Å²) in [7, 11) is 1.60. The van der Waals surface area contributed by atoms with Crippen molar-refractivity contribution in [2.75, 3.05) is 0 Å². The van der Waals surface area contributed by atoms with Crippen molar-refractivity contribution in [3.63, 3.8) is 0 Å². The zero-order valence-electron chi connectivity index (χ0n) is 10.2. The van der Waals surface area contributed by atoms with Crippen LogP contribution in [0.4, 0.5) is 8.78 Å². The van der Waals surface area contributed by atoms with Gasteiger partial charge in [-0.1, -0.05) is 6.92 Å². The standard InChI is InChI=1S/C12H13F2N3O/c1-11(6-12(11,13)14)7-17-8-4-3-5-15-9(8)16(2)10(17)18/h3-5H,6-7H2,1-2H3. The minimum Gasteiger partial charge on any atom is -0.290 e. The molecule has 0 spiro atoms. The lowest BCUT2D eigenvalue weighted by Gasteiger charge is -2.10. The van der Waals surface area contributed by atoms with Crippen molar-refractivity contribution in [2.45, 2.75) is 25.8 Å². The third kappa shape index (κ3) is 1.34. The van der Waals surface area contributed by atoms with Crippen molar-refractivity contribution in [3.05, 3.63) is 28.8 Å². The van der Waals surface area contributed by atoms with E-state index >= 15 is 0 Å². The highest BCUT2D eigenvalue weighted by molar-refractivity contribution is 5.71. The summed E-state index contributed by atoms with van der Waals surface area (Å²) in [6.45, 7) is 1.54. The van der Waals surface area contributed by atoms with Crippen LogP contribution in [-0.2, 0) is 13.6 Å². The lowest BCUT2D eigenvalue weighted by Crippen LogP contribution is -2.27. The Bertz CT molecular complexity index is 688. The minimum atomic E-state index is -2.67. The quantitative estimate of drug-likeness (QED) is 0.818. The predicted molar refractivity (Wildman–Crippen MR) is 62.6 cm³/mol. The lowest BCUT2D eigenvalue weighted by molar-refractivity contribution is 0.0637. The third-order valence-corrected chi connectivity index (χ3v) is 3.77. The second-order valence-electron chi connectivity index (χ2n) is 5.22. The Morgan fingerprint density at radius 3 is 2.78 bits per heavy atom. The Morgan fingerprint density at radius 2 is 2.17 bits per heavy atom. The van der Waals surface area contributed by atoms with Crippen LogP contribution in [0.25, 0.3) is 11.2 Å². The fourth-order valence-electron chi connectivity index (χ4n) is 2.35. The summed E-state index contributed by atoms with van der Waals surface area (Å²) >= 11 is 0. The first-order chi connectivity index (χ1) is 8.36. The Morgan fingerprint density at radius 1 is 1.50 bits per heavy atom. The highest BCUT2D eigenvalue weighted by Crippen LogP contribution is 2.61. The van der Waals surface area contributed by atoms with Crippen molar-refractivity contribution in [1.29, 1.82) is 0 Å². The molecule has 3 rings (SSSR count). The maximum atomic E-state index is 13.3. The number of hydrogen-bond acceptors (Lipinski definition) is 2. The number of alkyl halides is 2. The zero-order valence-corrected chi connectivity index (χ0v) is 10.2. The van der Waals surface area contributed by atoms with Crippen LogP contribution in [0, 0.1) is 5.41 Å². The molecule has 1 saturated carbocycles. The van der Waals surface area contributed by atoms with Crippen molar-refractivity contribution in [2.24, 2.45) is 12.5 Å². The molecule has 0 aromatic carbocycles. The van der Waals surface area contributed by atoms with E-state index in [1.165, 1.54) is 16.1 Å². The van der Waals surface area contributed by atoms with Gasteiger partial charge in [-0.3, -0.25) is 9.13 Å². The van der Waals surface area contributed by atoms with Crippen LogP contribution in [0.3, 0.4) is 0 Å². The second kappa shape index (κ2) is 3.18. The molecule has 2 aromatic heterocycles. The summed E-state index contributed by atoms with van der Waals surface area (Å²) in [6, 6.07) is 3.43. The van der Waals surface area contributed by atoms with Crippen LogP contribution >= 0.6 is 0 Å². The summed E-state index contributed by atoms with van der Waals surface area (Å²) in [4.78, 5) is 16.1. The largest absolute Gasteiger partial charge is 0.330 e. The smallest absolute Gasteiger partial charge is 0.290 e. The fraction of sp³-hybridized carbons (Fsp3) is 0.500. The van der Waals surface area contributed by atoms with E-state index < -0.39 is 11.3 Å². The summed E-state index contributed by atoms with van der Waals surface area (Å²) < 4.78 is 29.3. The molecule has 0 radical (unpaired) electrons. The van der Waals surface area contributed by atoms with Gasteiger partial charge in [0.2, 0.25) is 0 Å². The number of nitrogens with zero attached hydrogens (tertiary/aromatic N) is 3. The Hall–Kier alpha value is -1.72. The number of aromatic nitrogens is 3. The Labute approximate surface area is 102 Å². The van der Waals surface area contributed by atoms with E-state index in [-0.39, 0.29) is 18.7 Å². The summed E-state index contributed by atoms with van der Waals surface area (Å²) in [5.41, 5.74) is -0.280. The molecule has 2 heterocycles. The number of rotatable bonds is 2. The summed E-state index contributed by atoms with van der Waals surface area (Å²) in [6.07, 6.45) is 1.42. The molecule has 1 aliphatic carbocycles. The van der Waals surface area contributed by atoms with Crippen LogP contribution in [0.2, 0.25) is 0 Å². The molecule has 1 unspecified atom stereocenters. The highest BCUT2D eigenvalue weighted by Gasteiger charge is 2.68. The van der Waals surface area contributed by atoms with Gasteiger partial charge in [-0.25, -0.2) is 18.6 Å². The van der Waals surface area contributed by atoms with Crippen LogP contribution in [0.15, 0.2) is 23.1 Å². The monoisotopic (exact) mass is 253 g/mol. The maximum Gasteiger partial charge on any atom is 0.330 e. The summed E-state index contributed by atoms with van der Waals surface area (Å²) in [5.74, 6) is -2.67. The fourth-order valence-corrected chi connectivity index (χ4v) is 2.35. The number of imidazole rings is 1. The van der Waals surface area contributed by atoms with Gasteiger partial charge in [-0.05, 0) is 12.1 Å². The molecule has 0 aliphatic heterocycles. The molecular formula is C12H13F2N3O. The van der Waals surface area contributed by atoms with E-state index in [9.17, 15) is 13.6 Å². The molecule has 1 aliphatic rings. The first-order valence-corrected chi connectivity index (χ1v) is 5.74. The Kier molecular flexibility index (Phi) is 2.01. The summed E-state index contributed by atoms with van der Waals surface area (Å²) in [5, 5.41) is 0. The van der Waals surface area contributed by atoms with Crippen LogP contribution in [0.1, 0.15) is 13.3 Å². The van der Waals surface area contributed by atoms with E-state index in [4.69, 9.17) is 0 Å². The molecule has 0 amide bonds. The average molecular weight is 253 g/mol. The van der Waals surface area contributed by atoms with E-state index in [2.05, 4.69) is 4.98 Å². The van der Waals surface area contributed by atoms with E-state index in [0.29, 0.717) is 11.2 Å². The topological polar surface area (TPSA) is 39.8 Å². The number of hydrogen-bond donors (Lipinski definition) is 0. The van der Waals surface area contributed by atoms with Crippen molar-refractivity contribution in [1.82, 2.24) is 14.1 Å². The first-order valence-electron chi connectivity index (χ1n) is 5.74. The zero-order chi connectivity index (χ0) is 13.1. The van der Waals surface area contributed by atoms with Gasteiger partial charge in [0.05, 0.1) is 10.9 Å². The van der Waals surface area contributed by atoms with Crippen LogP contribution in [-0.4, -0.2) is 20.0 Å². The van der Waals surface area contributed by atoms with Crippen molar-refractivity contribution >= 4 is 11.2 Å². The first kappa shape index (κ1) is 11.4. The molecule has 96 valence electrons. The lowest BCUT2D eigenvalue weighted by atomic mass is 10.1. The van der Waals surface area contributed by atoms with Gasteiger partial charge in [-0.2, -0.15) is 0 Å². The van der Waals surface area contributed by atoms with Gasteiger partial charge < -0.3 is 0 Å². The van der Waals surface area contributed by atoms with Gasteiger partial charge in [0.25, 0.3) is 5.92 Å². The van der Waals surface area contributed by atoms with Crippen LogP contribution in [0.5, 0.6) is 0 Å². The molecule has 6 heteroatoms. The molecule has 0 N–H and O–H groups in total. The predicted octanol–water partition coefficient (Wildman–Crippen LogP) is 1.78. The van der Waals surface area contributed by atoms with Gasteiger partial charge in [-0.15, -0.1) is 0 Å². The van der Waals surface area contributed by atoms with Crippen molar-refractivity contribution < 1.29 is 8.78 Å². The molecule has 1 fully saturated rings. The van der Waals surface area contributed by atoms with Gasteiger partial charge in [0.1, 0.15) is 0 Å². The second-order valence-corrected chi connectivity index (χ2v) is 5.22. The molecule has 4 nitrogen and oxygen atoms in total. The van der Waals surface area contributed by atoms with Gasteiger partial charge in [0, 0.05) is 26.2 Å². The minimum absolute atomic E-state index is 0.0296. The van der Waals surface area contributed by atoms with Crippen LogP contribution < -0.4 is 5.69 Å². The SMILES string of the molecule is Cn1c(=O)n(CC2(C)CC2(F)F)c2cccnc21. The number of halogens is 2. The van der Waals surface area contributed by atoms with E-state index in [0.717, 1.165) is 0 Å². The third-order valence-electron chi connectivity index (χ3n) is 3.77. The molecule has 0 bridgehead atoms. The molecular weight excluding hydrogens is 240 g/mol. The molecule has 2 aromatic rings. The molecule has 18 heavy (non-hydrogen) atoms. The van der Waals surface area contributed by atoms with Crippen molar-refractivity contribution in [3.8, 4) is 0 Å². The Balaban J connectivity index is 2.14. The molecule has 1 atom stereocenters. The normalized spacial score (nSPS) is 25.6. The highest BCUT2D eigenvalue weighted by atomic mass is 19.3.